The minimum atomic E-state index is 0.00356. The molecular weight excluding hydrogens is 354 g/mol. The average molecular weight is 386 g/mol. The minimum absolute atomic E-state index is 0.00356. The molecule has 7 nitrogen and oxygen atoms in total. The number of piperidine rings is 1. The number of amides is 1. The van der Waals surface area contributed by atoms with Crippen LogP contribution >= 0.6 is 0 Å². The van der Waals surface area contributed by atoms with Crippen molar-refractivity contribution >= 4 is 5.91 Å². The maximum absolute atomic E-state index is 12.5. The molecule has 0 spiro atoms. The van der Waals surface area contributed by atoms with Gasteiger partial charge in [0.1, 0.15) is 5.75 Å². The summed E-state index contributed by atoms with van der Waals surface area (Å²) in [4.78, 5) is 16.7. The van der Waals surface area contributed by atoms with Crippen LogP contribution in [0.15, 0.2) is 30.5 Å². The maximum Gasteiger partial charge on any atom is 0.276 e. The van der Waals surface area contributed by atoms with Crippen LogP contribution in [0, 0.1) is 0 Å². The molecule has 7 heteroatoms. The Kier molecular flexibility index (Phi) is 7.03. The molecule has 2 heterocycles. The lowest BCUT2D eigenvalue weighted by Crippen LogP contribution is -2.35. The summed E-state index contributed by atoms with van der Waals surface area (Å²) in [5, 5.41) is 8.24. The minimum Gasteiger partial charge on any atom is -0.496 e. The van der Waals surface area contributed by atoms with Crippen LogP contribution in [0.25, 0.3) is 0 Å². The first-order chi connectivity index (χ1) is 13.6. The summed E-state index contributed by atoms with van der Waals surface area (Å²) in [5.74, 6) is 0.934. The van der Waals surface area contributed by atoms with Gasteiger partial charge in [-0.2, -0.15) is 0 Å². The third-order valence-corrected chi connectivity index (χ3v) is 5.54. The van der Waals surface area contributed by atoms with Gasteiger partial charge in [-0.15, -0.1) is 5.10 Å². The monoisotopic (exact) mass is 385 g/mol. The van der Waals surface area contributed by atoms with E-state index in [4.69, 9.17) is 4.74 Å². The molecule has 0 aliphatic carbocycles. The van der Waals surface area contributed by atoms with Crippen LogP contribution in [0.5, 0.6) is 5.75 Å². The first-order valence-corrected chi connectivity index (χ1v) is 10.1. The van der Waals surface area contributed by atoms with E-state index in [0.29, 0.717) is 18.3 Å². The predicted octanol–water partition coefficient (Wildman–Crippen LogP) is 2.48. The van der Waals surface area contributed by atoms with Crippen LogP contribution < -0.4 is 4.74 Å². The molecule has 1 saturated heterocycles. The zero-order valence-corrected chi connectivity index (χ0v) is 17.2. The number of hydrogen-bond donors (Lipinski definition) is 0. The topological polar surface area (TPSA) is 63.5 Å². The highest BCUT2D eigenvalue weighted by Gasteiger charge is 2.21. The molecule has 28 heavy (non-hydrogen) atoms. The van der Waals surface area contributed by atoms with Crippen molar-refractivity contribution in [2.75, 3.05) is 33.8 Å². The number of carbonyl (C=O) groups excluding carboxylic acids is 1. The molecule has 1 aromatic heterocycles. The van der Waals surface area contributed by atoms with Crippen molar-refractivity contribution in [2.24, 2.45) is 0 Å². The Balaban J connectivity index is 1.51. The number of nitrogens with zero attached hydrogens (tertiary/aromatic N) is 5. The van der Waals surface area contributed by atoms with Crippen LogP contribution in [0.2, 0.25) is 0 Å². The Morgan fingerprint density at radius 2 is 2.00 bits per heavy atom. The molecule has 0 bridgehead atoms. The van der Waals surface area contributed by atoms with Crippen LogP contribution in [0.1, 0.15) is 42.2 Å². The lowest BCUT2D eigenvalue weighted by atomic mass is 10.1. The van der Waals surface area contributed by atoms with Crippen LogP contribution in [0.4, 0.5) is 0 Å². The van der Waals surface area contributed by atoms with Gasteiger partial charge in [-0.25, -0.2) is 0 Å². The van der Waals surface area contributed by atoms with Crippen LogP contribution in [0.3, 0.4) is 0 Å². The average Bonchev–Trinajstić information content (AvgIpc) is 3.21. The number of benzene rings is 1. The van der Waals surface area contributed by atoms with E-state index in [0.717, 1.165) is 44.6 Å². The number of hydrogen-bond acceptors (Lipinski definition) is 5. The molecule has 0 unspecified atom stereocenters. The second kappa shape index (κ2) is 9.68. The molecule has 0 saturated carbocycles. The summed E-state index contributed by atoms with van der Waals surface area (Å²) in [6.45, 7) is 5.40. The maximum atomic E-state index is 12.5. The van der Waals surface area contributed by atoms with Crippen molar-refractivity contribution in [1.29, 1.82) is 0 Å². The Morgan fingerprint density at radius 3 is 2.75 bits per heavy atom. The highest BCUT2D eigenvalue weighted by molar-refractivity contribution is 5.91. The van der Waals surface area contributed by atoms with Gasteiger partial charge in [-0.05, 0) is 51.3 Å². The fourth-order valence-electron chi connectivity index (χ4n) is 3.59. The third-order valence-electron chi connectivity index (χ3n) is 5.54. The summed E-state index contributed by atoms with van der Waals surface area (Å²) in [7, 11) is 3.82. The van der Waals surface area contributed by atoms with E-state index >= 15 is 0 Å². The van der Waals surface area contributed by atoms with Gasteiger partial charge in [-0.3, -0.25) is 9.48 Å². The van der Waals surface area contributed by atoms with Crippen molar-refractivity contribution in [3.63, 3.8) is 0 Å². The van der Waals surface area contributed by atoms with Crippen LogP contribution in [-0.2, 0) is 13.0 Å². The molecule has 1 aliphatic rings. The highest BCUT2D eigenvalue weighted by Crippen LogP contribution is 2.20. The molecule has 1 amide bonds. The first-order valence-electron chi connectivity index (χ1n) is 10.1. The number of rotatable bonds is 8. The quantitative estimate of drug-likeness (QED) is 0.699. The summed E-state index contributed by atoms with van der Waals surface area (Å²) < 4.78 is 7.22. The Bertz CT molecular complexity index is 770. The normalized spacial score (nSPS) is 15.6. The second-order valence-corrected chi connectivity index (χ2v) is 7.57. The van der Waals surface area contributed by atoms with Crippen molar-refractivity contribution in [3.05, 3.63) is 41.7 Å². The van der Waals surface area contributed by atoms with Gasteiger partial charge in [-0.1, -0.05) is 23.4 Å². The number of para-hydroxylation sites is 1. The van der Waals surface area contributed by atoms with E-state index in [1.165, 1.54) is 12.0 Å². The summed E-state index contributed by atoms with van der Waals surface area (Å²) in [6, 6.07) is 8.50. The zero-order valence-electron chi connectivity index (χ0n) is 17.2. The van der Waals surface area contributed by atoms with E-state index in [9.17, 15) is 4.79 Å². The van der Waals surface area contributed by atoms with Crippen LogP contribution in [-0.4, -0.2) is 70.5 Å². The fraction of sp³-hybridized carbons (Fsp3) is 0.571. The molecule has 1 aliphatic heterocycles. The van der Waals surface area contributed by atoms with E-state index in [2.05, 4.69) is 35.2 Å². The Morgan fingerprint density at radius 1 is 1.25 bits per heavy atom. The fourth-order valence-corrected chi connectivity index (χ4v) is 3.59. The van der Waals surface area contributed by atoms with E-state index in [1.54, 1.807) is 18.0 Å². The van der Waals surface area contributed by atoms with Gasteiger partial charge < -0.3 is 14.5 Å². The lowest BCUT2D eigenvalue weighted by Gasteiger charge is -2.25. The standard InChI is InChI=1S/C21H31N5O2/c1-17(15-18-9-5-6-10-20(18)28-3)24(2)13-14-26-16-19(22-23-26)21(27)25-11-7-4-8-12-25/h5-6,9-10,16-17H,4,7-8,11-15H2,1-3H3/t17-/m0/s1. The largest absolute Gasteiger partial charge is 0.496 e. The van der Waals surface area contributed by atoms with Crippen molar-refractivity contribution in [3.8, 4) is 5.75 Å². The SMILES string of the molecule is COc1ccccc1C[C@H](C)N(C)CCn1cc(C(=O)N2CCCCC2)nn1. The first kappa shape index (κ1) is 20.3. The second-order valence-electron chi connectivity index (χ2n) is 7.57. The van der Waals surface area contributed by atoms with E-state index in [-0.39, 0.29) is 5.91 Å². The Hall–Kier alpha value is -2.41. The number of ether oxygens (including phenoxy) is 1. The zero-order chi connectivity index (χ0) is 19.9. The van der Waals surface area contributed by atoms with Gasteiger partial charge in [0.15, 0.2) is 5.69 Å². The number of methoxy groups -OCH3 is 1. The number of carbonyl (C=O) groups is 1. The summed E-state index contributed by atoms with van der Waals surface area (Å²) in [5.41, 5.74) is 1.66. The van der Waals surface area contributed by atoms with Gasteiger partial charge in [0, 0.05) is 25.7 Å². The number of aromatic nitrogens is 3. The number of likely N-dealkylation sites (tertiary alicyclic amines) is 1. The summed E-state index contributed by atoms with van der Waals surface area (Å²) in [6.07, 6.45) is 6.05. The molecule has 152 valence electrons. The lowest BCUT2D eigenvalue weighted by molar-refractivity contribution is 0.0718. The molecular formula is C21H31N5O2. The highest BCUT2D eigenvalue weighted by atomic mass is 16.5. The molecule has 2 aromatic rings. The molecule has 1 aromatic carbocycles. The van der Waals surface area contributed by atoms with Crippen molar-refractivity contribution < 1.29 is 9.53 Å². The smallest absolute Gasteiger partial charge is 0.276 e. The van der Waals surface area contributed by atoms with Gasteiger partial charge in [0.05, 0.1) is 19.9 Å². The molecule has 3 rings (SSSR count). The molecule has 1 fully saturated rings. The predicted molar refractivity (Wildman–Crippen MR) is 109 cm³/mol. The van der Waals surface area contributed by atoms with Gasteiger partial charge in [0.25, 0.3) is 5.91 Å². The third kappa shape index (κ3) is 5.10. The van der Waals surface area contributed by atoms with Gasteiger partial charge in [0.2, 0.25) is 0 Å². The molecule has 1 atom stereocenters. The van der Waals surface area contributed by atoms with Crippen molar-refractivity contribution in [1.82, 2.24) is 24.8 Å². The summed E-state index contributed by atoms with van der Waals surface area (Å²) >= 11 is 0. The number of likely N-dealkylation sites (N-methyl/N-ethyl adjacent to an activating group) is 1. The van der Waals surface area contributed by atoms with Gasteiger partial charge >= 0.3 is 0 Å². The molecule has 0 N–H and O–H groups in total. The Labute approximate surface area is 167 Å². The van der Waals surface area contributed by atoms with E-state index < -0.39 is 0 Å². The van der Waals surface area contributed by atoms with E-state index in [1.807, 2.05) is 23.1 Å². The van der Waals surface area contributed by atoms with Crippen molar-refractivity contribution in [2.45, 2.75) is 45.2 Å². The molecule has 0 radical (unpaired) electrons.